The van der Waals surface area contributed by atoms with Gasteiger partial charge in [-0.3, -0.25) is 0 Å². The first kappa shape index (κ1) is 23.4. The van der Waals surface area contributed by atoms with Gasteiger partial charge in [0, 0.05) is 17.5 Å². The number of hydrogen-bond donors (Lipinski definition) is 3. The molecule has 4 N–H and O–H groups in total. The van der Waals surface area contributed by atoms with Gasteiger partial charge in [-0.1, -0.05) is 25.6 Å². The number of aliphatic hydroxyl groups is 1. The molecule has 1 aliphatic rings. The number of hydrogen-bond acceptors (Lipinski definition) is 11. The van der Waals surface area contributed by atoms with Gasteiger partial charge in [0.2, 0.25) is 5.89 Å². The number of aliphatic hydroxyl groups excluding tert-OH is 1. The number of rotatable bonds is 8. The zero-order valence-electron chi connectivity index (χ0n) is 19.7. The summed E-state index contributed by atoms with van der Waals surface area (Å²) in [6.07, 6.45) is 2.40. The zero-order chi connectivity index (χ0) is 24.5. The number of benzene rings is 1. The SMILES string of the molecule is Cc1cnc(-c2cc3c(cc2Sc2nc4c(N)ncnc4n2CC(O)CNC(C)C)OCCO3)o1. The quantitative estimate of drug-likeness (QED) is 0.330. The largest absolute Gasteiger partial charge is 0.486 e. The van der Waals surface area contributed by atoms with E-state index in [0.717, 1.165) is 10.5 Å². The van der Waals surface area contributed by atoms with Crippen LogP contribution in [0.15, 0.2) is 39.1 Å². The number of nitrogens with one attached hydrogen (secondary N) is 1. The van der Waals surface area contributed by atoms with E-state index in [-0.39, 0.29) is 18.4 Å². The maximum Gasteiger partial charge on any atom is 0.227 e. The van der Waals surface area contributed by atoms with E-state index >= 15 is 0 Å². The van der Waals surface area contributed by atoms with E-state index in [2.05, 4.69) is 20.3 Å². The second kappa shape index (κ2) is 9.72. The van der Waals surface area contributed by atoms with Crippen LogP contribution >= 0.6 is 11.8 Å². The maximum atomic E-state index is 10.7. The lowest BCUT2D eigenvalue weighted by Gasteiger charge is -2.20. The van der Waals surface area contributed by atoms with Crippen LogP contribution in [0.3, 0.4) is 0 Å². The van der Waals surface area contributed by atoms with Crippen molar-refractivity contribution in [2.24, 2.45) is 0 Å². The molecule has 0 amide bonds. The average Bonchev–Trinajstić information content (AvgIpc) is 3.42. The van der Waals surface area contributed by atoms with E-state index in [1.165, 1.54) is 18.1 Å². The number of anilines is 1. The number of nitrogens with zero attached hydrogens (tertiary/aromatic N) is 5. The molecule has 0 aliphatic carbocycles. The standard InChI is InChI=1S/C23H27N7O4S/c1-12(2)25-9-14(31)10-30-21-19(20(24)27-11-28-21)29-23(30)35-18-7-17-16(32-4-5-33-17)6-15(18)22-26-8-13(3)34-22/h6-8,11-12,14,25,31H,4-5,9-10H2,1-3H3,(H2,24,27,28). The molecule has 5 rings (SSSR count). The first-order valence-electron chi connectivity index (χ1n) is 11.3. The van der Waals surface area contributed by atoms with Crippen molar-refractivity contribution in [3.05, 3.63) is 30.4 Å². The molecule has 0 radical (unpaired) electrons. The molecular formula is C23H27N7O4S. The summed E-state index contributed by atoms with van der Waals surface area (Å²) in [6, 6.07) is 4.01. The van der Waals surface area contributed by atoms with E-state index in [0.29, 0.717) is 59.2 Å². The van der Waals surface area contributed by atoms with E-state index in [1.807, 2.05) is 37.5 Å². The maximum absolute atomic E-state index is 10.7. The normalized spacial score (nSPS) is 14.1. The van der Waals surface area contributed by atoms with Crippen molar-refractivity contribution in [3.8, 4) is 23.0 Å². The molecule has 4 aromatic rings. The minimum atomic E-state index is -0.667. The van der Waals surface area contributed by atoms with Crippen LogP contribution in [0, 0.1) is 6.92 Å². The molecule has 12 heteroatoms. The molecular weight excluding hydrogens is 470 g/mol. The Morgan fingerprint density at radius 2 is 1.94 bits per heavy atom. The van der Waals surface area contributed by atoms with Gasteiger partial charge in [-0.2, -0.15) is 0 Å². The summed E-state index contributed by atoms with van der Waals surface area (Å²) in [7, 11) is 0. The molecule has 0 spiro atoms. The van der Waals surface area contributed by atoms with Gasteiger partial charge in [0.25, 0.3) is 0 Å². The van der Waals surface area contributed by atoms with Crippen LogP contribution in [0.1, 0.15) is 19.6 Å². The molecule has 3 aromatic heterocycles. The van der Waals surface area contributed by atoms with Crippen molar-refractivity contribution in [2.45, 2.75) is 49.5 Å². The first-order chi connectivity index (χ1) is 16.9. The number of aryl methyl sites for hydroxylation is 1. The van der Waals surface area contributed by atoms with Gasteiger partial charge in [0.05, 0.1) is 24.4 Å². The fraction of sp³-hybridized carbons (Fsp3) is 0.391. The van der Waals surface area contributed by atoms with E-state index in [4.69, 9.17) is 24.6 Å². The van der Waals surface area contributed by atoms with Gasteiger partial charge < -0.3 is 34.6 Å². The highest BCUT2D eigenvalue weighted by Gasteiger charge is 2.24. The Kier molecular flexibility index (Phi) is 6.50. The van der Waals surface area contributed by atoms with Gasteiger partial charge >= 0.3 is 0 Å². The summed E-state index contributed by atoms with van der Waals surface area (Å²) in [5, 5.41) is 14.6. The van der Waals surface area contributed by atoms with Crippen LogP contribution in [-0.2, 0) is 6.54 Å². The molecule has 1 atom stereocenters. The van der Waals surface area contributed by atoms with Gasteiger partial charge in [-0.25, -0.2) is 19.9 Å². The van der Waals surface area contributed by atoms with Crippen LogP contribution in [0.4, 0.5) is 5.82 Å². The second-order valence-electron chi connectivity index (χ2n) is 8.52. The smallest absolute Gasteiger partial charge is 0.227 e. The summed E-state index contributed by atoms with van der Waals surface area (Å²) >= 11 is 1.38. The Morgan fingerprint density at radius 1 is 1.17 bits per heavy atom. The van der Waals surface area contributed by atoms with Crippen LogP contribution in [-0.4, -0.2) is 61.5 Å². The average molecular weight is 498 g/mol. The molecule has 1 unspecified atom stereocenters. The summed E-state index contributed by atoms with van der Waals surface area (Å²) in [5.41, 5.74) is 7.87. The lowest BCUT2D eigenvalue weighted by atomic mass is 10.2. The molecule has 0 fully saturated rings. The highest BCUT2D eigenvalue weighted by molar-refractivity contribution is 7.99. The molecule has 184 valence electrons. The lowest BCUT2D eigenvalue weighted by molar-refractivity contribution is 0.147. The van der Waals surface area contributed by atoms with Crippen molar-refractivity contribution < 1.29 is 19.0 Å². The molecule has 1 aromatic carbocycles. The number of nitrogen functional groups attached to an aromatic ring is 1. The third-order valence-corrected chi connectivity index (χ3v) is 6.43. The van der Waals surface area contributed by atoms with E-state index < -0.39 is 6.10 Å². The number of fused-ring (bicyclic) bond motifs is 2. The van der Waals surface area contributed by atoms with Crippen molar-refractivity contribution in [1.82, 2.24) is 29.8 Å². The topological polar surface area (TPSA) is 146 Å². The molecule has 4 heterocycles. The summed E-state index contributed by atoms with van der Waals surface area (Å²) in [6.45, 7) is 7.53. The molecule has 0 saturated heterocycles. The minimum Gasteiger partial charge on any atom is -0.486 e. The highest BCUT2D eigenvalue weighted by Crippen LogP contribution is 2.44. The van der Waals surface area contributed by atoms with Crippen LogP contribution in [0.25, 0.3) is 22.6 Å². The van der Waals surface area contributed by atoms with Crippen LogP contribution < -0.4 is 20.5 Å². The summed E-state index contributed by atoms with van der Waals surface area (Å²) in [4.78, 5) is 18.4. The molecule has 1 aliphatic heterocycles. The Labute approximate surface area is 206 Å². The Hall–Kier alpha value is -3.35. The first-order valence-corrected chi connectivity index (χ1v) is 12.1. The monoisotopic (exact) mass is 497 g/mol. The van der Waals surface area contributed by atoms with Gasteiger partial charge in [0.1, 0.15) is 25.3 Å². The van der Waals surface area contributed by atoms with Crippen molar-refractivity contribution in [3.63, 3.8) is 0 Å². The van der Waals surface area contributed by atoms with Gasteiger partial charge in [0.15, 0.2) is 33.6 Å². The predicted octanol–water partition coefficient (Wildman–Crippen LogP) is 2.65. The number of aromatic nitrogens is 5. The minimum absolute atomic E-state index is 0.250. The number of imidazole rings is 1. The Balaban J connectivity index is 1.58. The van der Waals surface area contributed by atoms with Crippen molar-refractivity contribution >= 4 is 28.7 Å². The number of ether oxygens (including phenoxy) is 2. The Bertz CT molecular complexity index is 1350. The number of oxazole rings is 1. The Morgan fingerprint density at radius 3 is 2.66 bits per heavy atom. The van der Waals surface area contributed by atoms with Crippen molar-refractivity contribution in [2.75, 3.05) is 25.5 Å². The van der Waals surface area contributed by atoms with Crippen molar-refractivity contribution in [1.29, 1.82) is 0 Å². The molecule has 0 saturated carbocycles. The zero-order valence-corrected chi connectivity index (χ0v) is 20.5. The van der Waals surface area contributed by atoms with Crippen LogP contribution in [0.2, 0.25) is 0 Å². The van der Waals surface area contributed by atoms with Gasteiger partial charge in [-0.15, -0.1) is 0 Å². The molecule has 11 nitrogen and oxygen atoms in total. The van der Waals surface area contributed by atoms with Crippen LogP contribution in [0.5, 0.6) is 11.5 Å². The summed E-state index contributed by atoms with van der Waals surface area (Å²) in [5.74, 6) is 2.70. The molecule has 0 bridgehead atoms. The lowest BCUT2D eigenvalue weighted by Crippen LogP contribution is -2.34. The molecule has 35 heavy (non-hydrogen) atoms. The predicted molar refractivity (Wildman–Crippen MR) is 131 cm³/mol. The van der Waals surface area contributed by atoms with E-state index in [1.54, 1.807) is 6.20 Å². The second-order valence-corrected chi connectivity index (χ2v) is 9.53. The van der Waals surface area contributed by atoms with Gasteiger partial charge in [-0.05, 0) is 19.1 Å². The number of nitrogens with two attached hydrogens (primary N) is 1. The fourth-order valence-electron chi connectivity index (χ4n) is 3.72. The third-order valence-electron chi connectivity index (χ3n) is 5.38. The van der Waals surface area contributed by atoms with E-state index in [9.17, 15) is 5.11 Å². The summed E-state index contributed by atoms with van der Waals surface area (Å²) < 4.78 is 19.3. The highest BCUT2D eigenvalue weighted by atomic mass is 32.2. The third kappa shape index (κ3) is 4.90. The fourth-order valence-corrected chi connectivity index (χ4v) is 4.75.